The number of aryl methyl sites for hydroxylation is 2. The van der Waals surface area contributed by atoms with E-state index < -0.39 is 12.0 Å². The van der Waals surface area contributed by atoms with E-state index in [1.54, 1.807) is 37.3 Å². The molecule has 3 aromatic rings. The van der Waals surface area contributed by atoms with Gasteiger partial charge in [0.25, 0.3) is 0 Å². The van der Waals surface area contributed by atoms with Crippen molar-refractivity contribution < 1.29 is 13.2 Å². The molecule has 0 unspecified atom stereocenters. The highest BCUT2D eigenvalue weighted by Gasteiger charge is 2.35. The molecule has 0 radical (unpaired) electrons. The molecule has 3 rings (SSSR count). The van der Waals surface area contributed by atoms with E-state index in [-0.39, 0.29) is 5.82 Å². The SMILES string of the molecule is Cc1cc(C)c2nc(C(F)(F)F)nc(Nc3ccccc3)c2c1. The van der Waals surface area contributed by atoms with Gasteiger partial charge < -0.3 is 5.32 Å². The summed E-state index contributed by atoms with van der Waals surface area (Å²) >= 11 is 0. The zero-order valence-electron chi connectivity index (χ0n) is 12.6. The maximum absolute atomic E-state index is 13.1. The van der Waals surface area contributed by atoms with E-state index in [0.717, 1.165) is 5.56 Å². The van der Waals surface area contributed by atoms with Gasteiger partial charge in [-0.1, -0.05) is 24.3 Å². The first-order chi connectivity index (χ1) is 10.8. The summed E-state index contributed by atoms with van der Waals surface area (Å²) < 4.78 is 39.3. The van der Waals surface area contributed by atoms with Gasteiger partial charge in [-0.05, 0) is 43.2 Å². The molecule has 0 amide bonds. The van der Waals surface area contributed by atoms with Crippen LogP contribution in [0.3, 0.4) is 0 Å². The molecule has 0 aliphatic heterocycles. The van der Waals surface area contributed by atoms with Crippen molar-refractivity contribution in [2.45, 2.75) is 20.0 Å². The highest BCUT2D eigenvalue weighted by molar-refractivity contribution is 5.93. The monoisotopic (exact) mass is 317 g/mol. The summed E-state index contributed by atoms with van der Waals surface area (Å²) in [6.07, 6.45) is -4.60. The second kappa shape index (κ2) is 5.53. The van der Waals surface area contributed by atoms with Crippen molar-refractivity contribution in [1.82, 2.24) is 9.97 Å². The molecule has 118 valence electrons. The fourth-order valence-corrected chi connectivity index (χ4v) is 2.47. The van der Waals surface area contributed by atoms with Gasteiger partial charge in [-0.25, -0.2) is 9.97 Å². The highest BCUT2D eigenvalue weighted by atomic mass is 19.4. The summed E-state index contributed by atoms with van der Waals surface area (Å²) in [6, 6.07) is 12.6. The third-order valence-corrected chi connectivity index (χ3v) is 3.43. The van der Waals surface area contributed by atoms with Crippen LogP contribution in [-0.2, 0) is 6.18 Å². The lowest BCUT2D eigenvalue weighted by Crippen LogP contribution is -2.13. The quantitative estimate of drug-likeness (QED) is 0.722. The standard InChI is InChI=1S/C17H14F3N3/c1-10-8-11(2)14-13(9-10)15(21-12-6-4-3-5-7-12)23-16(22-14)17(18,19)20/h3-9H,1-2H3,(H,21,22,23). The molecule has 1 aromatic heterocycles. The van der Waals surface area contributed by atoms with Gasteiger partial charge in [-0.15, -0.1) is 0 Å². The van der Waals surface area contributed by atoms with Crippen LogP contribution in [-0.4, -0.2) is 9.97 Å². The Morgan fingerprint density at radius 3 is 2.30 bits per heavy atom. The number of aromatic nitrogens is 2. The third-order valence-electron chi connectivity index (χ3n) is 3.43. The minimum atomic E-state index is -4.60. The Morgan fingerprint density at radius 1 is 0.957 bits per heavy atom. The van der Waals surface area contributed by atoms with Gasteiger partial charge in [0.2, 0.25) is 5.82 Å². The van der Waals surface area contributed by atoms with Crippen molar-refractivity contribution in [3.63, 3.8) is 0 Å². The van der Waals surface area contributed by atoms with E-state index in [9.17, 15) is 13.2 Å². The molecule has 0 atom stereocenters. The molecular weight excluding hydrogens is 303 g/mol. The zero-order chi connectivity index (χ0) is 16.6. The summed E-state index contributed by atoms with van der Waals surface area (Å²) in [5.74, 6) is -0.990. The third kappa shape index (κ3) is 3.11. The Labute approximate surface area is 131 Å². The summed E-state index contributed by atoms with van der Waals surface area (Å²) in [6.45, 7) is 3.63. The molecule has 1 N–H and O–H groups in total. The molecule has 6 heteroatoms. The number of alkyl halides is 3. The lowest BCUT2D eigenvalue weighted by atomic mass is 10.1. The summed E-state index contributed by atoms with van der Waals surface area (Å²) in [5, 5.41) is 3.53. The van der Waals surface area contributed by atoms with Crippen LogP contribution in [0.4, 0.5) is 24.7 Å². The number of rotatable bonds is 2. The number of nitrogens with one attached hydrogen (secondary N) is 1. The summed E-state index contributed by atoms with van der Waals surface area (Å²) in [4.78, 5) is 7.42. The van der Waals surface area contributed by atoms with E-state index >= 15 is 0 Å². The van der Waals surface area contributed by atoms with Crippen LogP contribution < -0.4 is 5.32 Å². The van der Waals surface area contributed by atoms with E-state index in [4.69, 9.17) is 0 Å². The molecule has 1 heterocycles. The average Bonchev–Trinajstić information content (AvgIpc) is 2.48. The molecular formula is C17H14F3N3. The van der Waals surface area contributed by atoms with Crippen LogP contribution in [0.1, 0.15) is 17.0 Å². The number of para-hydroxylation sites is 1. The Hall–Kier alpha value is -2.63. The summed E-state index contributed by atoms with van der Waals surface area (Å²) in [7, 11) is 0. The smallest absolute Gasteiger partial charge is 0.340 e. The van der Waals surface area contributed by atoms with Crippen LogP contribution in [0.25, 0.3) is 10.9 Å². The molecule has 0 fully saturated rings. The van der Waals surface area contributed by atoms with E-state index in [0.29, 0.717) is 22.2 Å². The fraction of sp³-hybridized carbons (Fsp3) is 0.176. The predicted octanol–water partition coefficient (Wildman–Crippen LogP) is 5.01. The largest absolute Gasteiger partial charge is 0.451 e. The number of benzene rings is 2. The molecule has 0 saturated carbocycles. The molecule has 2 aromatic carbocycles. The topological polar surface area (TPSA) is 37.8 Å². The van der Waals surface area contributed by atoms with Crippen molar-refractivity contribution in [3.8, 4) is 0 Å². The Bertz CT molecular complexity index is 858. The minimum Gasteiger partial charge on any atom is -0.340 e. The van der Waals surface area contributed by atoms with Crippen molar-refractivity contribution >= 4 is 22.4 Å². The van der Waals surface area contributed by atoms with E-state index in [2.05, 4.69) is 15.3 Å². The minimum absolute atomic E-state index is 0.153. The number of fused-ring (bicyclic) bond motifs is 1. The number of anilines is 2. The Morgan fingerprint density at radius 2 is 1.65 bits per heavy atom. The maximum Gasteiger partial charge on any atom is 0.451 e. The molecule has 23 heavy (non-hydrogen) atoms. The predicted molar refractivity (Wildman–Crippen MR) is 83.7 cm³/mol. The van der Waals surface area contributed by atoms with Gasteiger partial charge in [-0.3, -0.25) is 0 Å². The van der Waals surface area contributed by atoms with Crippen molar-refractivity contribution in [2.75, 3.05) is 5.32 Å². The second-order valence-electron chi connectivity index (χ2n) is 5.36. The first kappa shape index (κ1) is 15.3. The molecule has 3 nitrogen and oxygen atoms in total. The van der Waals surface area contributed by atoms with Gasteiger partial charge in [0.1, 0.15) is 5.82 Å². The first-order valence-corrected chi connectivity index (χ1v) is 7.03. The van der Waals surface area contributed by atoms with Crippen molar-refractivity contribution in [1.29, 1.82) is 0 Å². The normalized spacial score (nSPS) is 11.7. The van der Waals surface area contributed by atoms with Gasteiger partial charge >= 0.3 is 6.18 Å². The Balaban J connectivity index is 2.24. The Kier molecular flexibility index (Phi) is 3.67. The first-order valence-electron chi connectivity index (χ1n) is 7.03. The number of hydrogen-bond acceptors (Lipinski definition) is 3. The van der Waals surface area contributed by atoms with Gasteiger partial charge in [0.15, 0.2) is 0 Å². The molecule has 0 aliphatic carbocycles. The number of nitrogens with zero attached hydrogens (tertiary/aromatic N) is 2. The maximum atomic E-state index is 13.1. The van der Waals surface area contributed by atoms with Gasteiger partial charge in [-0.2, -0.15) is 13.2 Å². The molecule has 0 saturated heterocycles. The van der Waals surface area contributed by atoms with Gasteiger partial charge in [0.05, 0.1) is 5.52 Å². The molecule has 0 bridgehead atoms. The van der Waals surface area contributed by atoms with Crippen molar-refractivity contribution in [3.05, 3.63) is 59.4 Å². The average molecular weight is 317 g/mol. The summed E-state index contributed by atoms with van der Waals surface area (Å²) in [5.41, 5.74) is 2.59. The van der Waals surface area contributed by atoms with E-state index in [1.807, 2.05) is 19.1 Å². The lowest BCUT2D eigenvalue weighted by Gasteiger charge is -2.14. The van der Waals surface area contributed by atoms with Crippen LogP contribution in [0.2, 0.25) is 0 Å². The molecule has 0 spiro atoms. The second-order valence-corrected chi connectivity index (χ2v) is 5.36. The van der Waals surface area contributed by atoms with Crippen LogP contribution >= 0.6 is 0 Å². The van der Waals surface area contributed by atoms with Crippen LogP contribution in [0.15, 0.2) is 42.5 Å². The van der Waals surface area contributed by atoms with E-state index in [1.165, 1.54) is 0 Å². The van der Waals surface area contributed by atoms with Gasteiger partial charge in [0, 0.05) is 11.1 Å². The van der Waals surface area contributed by atoms with Crippen LogP contribution in [0, 0.1) is 13.8 Å². The molecule has 0 aliphatic rings. The lowest BCUT2D eigenvalue weighted by molar-refractivity contribution is -0.144. The highest BCUT2D eigenvalue weighted by Crippen LogP contribution is 2.33. The fourth-order valence-electron chi connectivity index (χ4n) is 2.47. The van der Waals surface area contributed by atoms with Crippen molar-refractivity contribution in [2.24, 2.45) is 0 Å². The zero-order valence-corrected chi connectivity index (χ0v) is 12.6. The van der Waals surface area contributed by atoms with Crippen LogP contribution in [0.5, 0.6) is 0 Å². The number of halogens is 3. The number of hydrogen-bond donors (Lipinski definition) is 1.